The lowest BCUT2D eigenvalue weighted by molar-refractivity contribution is -0.134. The minimum atomic E-state index is -1.26. The van der Waals surface area contributed by atoms with Crippen LogP contribution < -0.4 is 5.73 Å². The van der Waals surface area contributed by atoms with E-state index in [2.05, 4.69) is 0 Å². The zero-order chi connectivity index (χ0) is 20.2. The molecule has 0 bridgehead atoms. The first-order chi connectivity index (χ1) is 12.0. The van der Waals surface area contributed by atoms with Crippen molar-refractivity contribution in [2.45, 2.75) is 26.4 Å². The van der Waals surface area contributed by atoms with Crippen molar-refractivity contribution >= 4 is 22.8 Å². The predicted octanol–water partition coefficient (Wildman–Crippen LogP) is 2.57. The Bertz CT molecular complexity index is 859. The van der Waals surface area contributed by atoms with Crippen molar-refractivity contribution < 1.29 is 37.4 Å². The molecule has 1 aromatic heterocycles. The number of carbonyl (C=O) groups is 2. The van der Waals surface area contributed by atoms with Crippen LogP contribution in [-0.2, 0) is 16.1 Å². The van der Waals surface area contributed by atoms with Crippen LogP contribution in [0.5, 0.6) is 0 Å². The monoisotopic (exact) mass is 376 g/mol. The second-order valence-corrected chi connectivity index (χ2v) is 5.39. The average Bonchev–Trinajstić information content (AvgIpc) is 2.76. The van der Waals surface area contributed by atoms with E-state index >= 15 is 0 Å². The number of aryl methyl sites for hydroxylation is 1. The van der Waals surface area contributed by atoms with Gasteiger partial charge in [0.25, 0.3) is 0 Å². The number of nitrogens with two attached hydrogens (primary N) is 1. The van der Waals surface area contributed by atoms with Crippen LogP contribution >= 0.6 is 0 Å². The average molecular weight is 376 g/mol. The van der Waals surface area contributed by atoms with E-state index in [1.54, 1.807) is 6.92 Å². The van der Waals surface area contributed by atoms with E-state index in [0.29, 0.717) is 12.2 Å². The highest BCUT2D eigenvalue weighted by atomic mass is 19.2. The fourth-order valence-electron chi connectivity index (χ4n) is 2.16. The van der Waals surface area contributed by atoms with Crippen molar-refractivity contribution in [3.63, 3.8) is 0 Å². The topological polar surface area (TPSA) is 106 Å². The van der Waals surface area contributed by atoms with E-state index in [1.807, 2.05) is 0 Å². The zero-order valence-corrected chi connectivity index (χ0v) is 13.8. The van der Waals surface area contributed by atoms with Gasteiger partial charge in [0.05, 0.1) is 5.52 Å². The van der Waals surface area contributed by atoms with Crippen molar-refractivity contribution in [1.82, 2.24) is 4.57 Å². The number of aromatic nitrogens is 1. The van der Waals surface area contributed by atoms with Crippen LogP contribution in [0.25, 0.3) is 10.9 Å². The first-order valence-corrected chi connectivity index (χ1v) is 7.18. The number of rotatable bonds is 4. The number of nitrogens with zero attached hydrogens (tertiary/aromatic N) is 1. The van der Waals surface area contributed by atoms with Gasteiger partial charge >= 0.3 is 11.9 Å². The summed E-state index contributed by atoms with van der Waals surface area (Å²) in [5.74, 6) is -7.15. The Balaban J connectivity index is 0.000000359. The van der Waals surface area contributed by atoms with E-state index in [1.165, 1.54) is 6.92 Å². The highest BCUT2D eigenvalue weighted by molar-refractivity contribution is 5.89. The highest BCUT2D eigenvalue weighted by Gasteiger charge is 2.23. The molecule has 0 radical (unpaired) electrons. The van der Waals surface area contributed by atoms with Gasteiger partial charge in [0.15, 0.2) is 17.5 Å². The molecule has 1 aromatic carbocycles. The summed E-state index contributed by atoms with van der Waals surface area (Å²) in [6.45, 7) is 2.80. The number of carboxylic acids is 2. The highest BCUT2D eigenvalue weighted by Crippen LogP contribution is 2.30. The molecule has 0 saturated heterocycles. The molecule has 26 heavy (non-hydrogen) atoms. The third kappa shape index (κ3) is 4.82. The van der Waals surface area contributed by atoms with Gasteiger partial charge in [-0.2, -0.15) is 4.39 Å². The van der Waals surface area contributed by atoms with Gasteiger partial charge in [0.2, 0.25) is 5.95 Å². The van der Waals surface area contributed by atoms with E-state index in [9.17, 15) is 27.2 Å². The lowest BCUT2D eigenvalue weighted by atomic mass is 10.1. The normalized spacial score (nSPS) is 12.1. The summed E-state index contributed by atoms with van der Waals surface area (Å²) in [7, 11) is 0. The molecule has 2 rings (SSSR count). The maximum atomic E-state index is 13.7. The van der Waals surface area contributed by atoms with Crippen LogP contribution in [-0.4, -0.2) is 32.8 Å². The standard InChI is InChI=1S/C12H12F4N2.C4H4O4/c1-5(17)4-18-8-3-7(13)10(14)6(2)9(8)11(15)12(18)16;5-3(6)1-2-4(7)8/h3,5H,4,17H2,1-2H3;1-2H,(H,5,6)(H,7,8)/t5-;/m0./s1. The second-order valence-electron chi connectivity index (χ2n) is 5.39. The van der Waals surface area contributed by atoms with Gasteiger partial charge in [0, 0.05) is 41.8 Å². The number of halogens is 4. The van der Waals surface area contributed by atoms with Gasteiger partial charge in [0.1, 0.15) is 0 Å². The molecule has 0 aliphatic carbocycles. The summed E-state index contributed by atoms with van der Waals surface area (Å²) >= 11 is 0. The lowest BCUT2D eigenvalue weighted by Crippen LogP contribution is -2.23. The minimum absolute atomic E-state index is 0.0171. The number of benzene rings is 1. The van der Waals surface area contributed by atoms with Crippen molar-refractivity contribution in [2.24, 2.45) is 5.73 Å². The van der Waals surface area contributed by atoms with Gasteiger partial charge in [-0.1, -0.05) is 0 Å². The molecule has 142 valence electrons. The van der Waals surface area contributed by atoms with Crippen LogP contribution in [0, 0.1) is 30.3 Å². The van der Waals surface area contributed by atoms with Gasteiger partial charge in [-0.3, -0.25) is 0 Å². The maximum Gasteiger partial charge on any atom is 0.328 e. The summed E-state index contributed by atoms with van der Waals surface area (Å²) in [5.41, 5.74) is 5.25. The minimum Gasteiger partial charge on any atom is -0.478 e. The molecule has 0 fully saturated rings. The molecule has 0 unspecified atom stereocenters. The zero-order valence-electron chi connectivity index (χ0n) is 13.8. The molecule has 0 amide bonds. The summed E-state index contributed by atoms with van der Waals surface area (Å²) in [5, 5.41) is 15.4. The van der Waals surface area contributed by atoms with Gasteiger partial charge in [-0.05, 0) is 13.8 Å². The fourth-order valence-corrected chi connectivity index (χ4v) is 2.16. The molecule has 4 N–H and O–H groups in total. The summed E-state index contributed by atoms with van der Waals surface area (Å²) in [6, 6.07) is 0.342. The Morgan fingerprint density at radius 1 is 1.15 bits per heavy atom. The number of hydrogen-bond acceptors (Lipinski definition) is 3. The Labute approximate surface area is 145 Å². The first-order valence-electron chi connectivity index (χ1n) is 7.18. The van der Waals surface area contributed by atoms with E-state index < -0.39 is 41.4 Å². The van der Waals surface area contributed by atoms with Crippen molar-refractivity contribution in [1.29, 1.82) is 0 Å². The van der Waals surface area contributed by atoms with Crippen molar-refractivity contribution in [2.75, 3.05) is 0 Å². The third-order valence-electron chi connectivity index (χ3n) is 3.20. The van der Waals surface area contributed by atoms with Crippen molar-refractivity contribution in [3.05, 3.63) is 47.2 Å². The smallest absolute Gasteiger partial charge is 0.328 e. The lowest BCUT2D eigenvalue weighted by Gasteiger charge is -2.09. The Hall–Kier alpha value is -2.88. The molecule has 1 atom stereocenters. The van der Waals surface area contributed by atoms with Gasteiger partial charge in [-0.25, -0.2) is 22.8 Å². The summed E-state index contributed by atoms with van der Waals surface area (Å²) < 4.78 is 55.0. The molecule has 10 heteroatoms. The molecule has 2 aromatic rings. The molecule has 0 aliphatic rings. The van der Waals surface area contributed by atoms with Gasteiger partial charge in [-0.15, -0.1) is 0 Å². The molecule has 1 heterocycles. The maximum absolute atomic E-state index is 13.7. The summed E-state index contributed by atoms with van der Waals surface area (Å²) in [4.78, 5) is 19.1. The molecule has 0 saturated carbocycles. The molecular weight excluding hydrogens is 360 g/mol. The third-order valence-corrected chi connectivity index (χ3v) is 3.20. The molecule has 6 nitrogen and oxygen atoms in total. The van der Waals surface area contributed by atoms with Crippen LogP contribution in [0.2, 0.25) is 0 Å². The second kappa shape index (κ2) is 8.48. The van der Waals surface area contributed by atoms with E-state index in [-0.39, 0.29) is 23.0 Å². The van der Waals surface area contributed by atoms with Crippen LogP contribution in [0.4, 0.5) is 17.6 Å². The van der Waals surface area contributed by atoms with Gasteiger partial charge < -0.3 is 20.5 Å². The van der Waals surface area contributed by atoms with E-state index in [0.717, 1.165) is 10.6 Å². The quantitative estimate of drug-likeness (QED) is 0.562. The molecule has 0 aliphatic heterocycles. The number of carboxylic acid groups (broad SMARTS) is 2. The molecule has 0 spiro atoms. The number of hydrogen-bond donors (Lipinski definition) is 3. The Kier molecular flexibility index (Phi) is 6.90. The Morgan fingerprint density at radius 3 is 2.08 bits per heavy atom. The van der Waals surface area contributed by atoms with Crippen LogP contribution in [0.15, 0.2) is 18.2 Å². The predicted molar refractivity (Wildman–Crippen MR) is 84.6 cm³/mol. The fraction of sp³-hybridized carbons (Fsp3) is 0.250. The first kappa shape index (κ1) is 21.2. The number of fused-ring (bicyclic) bond motifs is 1. The van der Waals surface area contributed by atoms with E-state index in [4.69, 9.17) is 15.9 Å². The van der Waals surface area contributed by atoms with Crippen molar-refractivity contribution in [3.8, 4) is 0 Å². The molecular formula is C16H16F4N2O4. The SMILES string of the molecule is Cc1c(F)c(F)cc2c1c(F)c(F)n2C[C@H](C)N.O=C(O)C=CC(=O)O. The van der Waals surface area contributed by atoms with Crippen LogP contribution in [0.1, 0.15) is 12.5 Å². The Morgan fingerprint density at radius 2 is 1.65 bits per heavy atom. The number of aliphatic carboxylic acids is 2. The van der Waals surface area contributed by atoms with Crippen LogP contribution in [0.3, 0.4) is 0 Å². The largest absolute Gasteiger partial charge is 0.478 e. The summed E-state index contributed by atoms with van der Waals surface area (Å²) in [6.07, 6.45) is 1.12.